The lowest BCUT2D eigenvalue weighted by Gasteiger charge is -2.11. The van der Waals surface area contributed by atoms with Crippen LogP contribution >= 0.6 is 11.3 Å². The lowest BCUT2D eigenvalue weighted by atomic mass is 10.0. The molecular formula is C19H20N4O3S. The quantitative estimate of drug-likeness (QED) is 0.667. The highest BCUT2D eigenvalue weighted by Crippen LogP contribution is 2.35. The second-order valence-electron chi connectivity index (χ2n) is 6.94. The monoisotopic (exact) mass is 384 g/mol. The Morgan fingerprint density at radius 3 is 2.89 bits per heavy atom. The highest BCUT2D eigenvalue weighted by Gasteiger charge is 2.19. The Labute approximate surface area is 160 Å². The number of thiazole rings is 1. The Morgan fingerprint density at radius 2 is 1.96 bits per heavy atom. The minimum absolute atomic E-state index is 0.251. The predicted molar refractivity (Wildman–Crippen MR) is 99.8 cm³/mol. The van der Waals surface area contributed by atoms with Gasteiger partial charge in [-0.1, -0.05) is 5.16 Å². The second-order valence-corrected chi connectivity index (χ2v) is 8.10. The molecule has 0 unspecified atom stereocenters. The van der Waals surface area contributed by atoms with E-state index in [4.69, 9.17) is 19.0 Å². The molecular weight excluding hydrogens is 364 g/mol. The van der Waals surface area contributed by atoms with E-state index in [9.17, 15) is 0 Å². The van der Waals surface area contributed by atoms with Crippen LogP contribution in [0.5, 0.6) is 11.5 Å². The van der Waals surface area contributed by atoms with Gasteiger partial charge in [0.05, 0.1) is 18.8 Å². The SMILES string of the molecule is CN(Cc1nc(-c2ccc3c(c2)OCO3)no1)Cc1nc2c(s1)CCCC2. The van der Waals surface area contributed by atoms with Crippen LogP contribution in [0.15, 0.2) is 22.7 Å². The van der Waals surface area contributed by atoms with Crippen LogP contribution in [0.3, 0.4) is 0 Å². The Kier molecular flexibility index (Phi) is 4.29. The van der Waals surface area contributed by atoms with Crippen molar-refractivity contribution in [2.24, 2.45) is 0 Å². The summed E-state index contributed by atoms with van der Waals surface area (Å²) < 4.78 is 16.2. The zero-order chi connectivity index (χ0) is 18.2. The molecule has 2 aromatic heterocycles. The summed E-state index contributed by atoms with van der Waals surface area (Å²) in [4.78, 5) is 12.9. The van der Waals surface area contributed by atoms with Gasteiger partial charge in [-0.05, 0) is 50.9 Å². The number of ether oxygens (including phenoxy) is 2. The molecule has 8 heteroatoms. The van der Waals surface area contributed by atoms with Gasteiger partial charge in [-0.15, -0.1) is 11.3 Å². The average Bonchev–Trinajstić information content (AvgIpc) is 3.39. The zero-order valence-electron chi connectivity index (χ0n) is 15.1. The molecule has 3 heterocycles. The van der Waals surface area contributed by atoms with Crippen molar-refractivity contribution in [1.82, 2.24) is 20.0 Å². The molecule has 3 aromatic rings. The number of fused-ring (bicyclic) bond motifs is 2. The molecule has 0 atom stereocenters. The number of aryl methyl sites for hydroxylation is 2. The van der Waals surface area contributed by atoms with Crippen LogP contribution in [0, 0.1) is 0 Å². The van der Waals surface area contributed by atoms with Gasteiger partial charge in [-0.2, -0.15) is 4.98 Å². The van der Waals surface area contributed by atoms with Crippen molar-refractivity contribution in [3.05, 3.63) is 39.7 Å². The summed E-state index contributed by atoms with van der Waals surface area (Å²) in [6, 6.07) is 5.65. The minimum atomic E-state index is 0.251. The third-order valence-corrected chi connectivity index (χ3v) is 5.94. The highest BCUT2D eigenvalue weighted by molar-refractivity contribution is 7.11. The molecule has 1 aliphatic heterocycles. The lowest BCUT2D eigenvalue weighted by molar-refractivity contribution is 0.174. The van der Waals surface area contributed by atoms with Gasteiger partial charge < -0.3 is 14.0 Å². The molecule has 0 fully saturated rings. The normalized spacial score (nSPS) is 15.3. The molecule has 0 radical (unpaired) electrons. The van der Waals surface area contributed by atoms with E-state index < -0.39 is 0 Å². The van der Waals surface area contributed by atoms with Gasteiger partial charge in [-0.25, -0.2) is 4.98 Å². The van der Waals surface area contributed by atoms with Crippen molar-refractivity contribution in [2.45, 2.75) is 38.8 Å². The van der Waals surface area contributed by atoms with Crippen LogP contribution in [-0.4, -0.2) is 33.9 Å². The van der Waals surface area contributed by atoms with E-state index in [-0.39, 0.29) is 6.79 Å². The molecule has 0 saturated carbocycles. The standard InChI is InChI=1S/C19H20N4O3S/c1-23(10-18-20-13-4-2-3-5-16(13)27-18)9-17-21-19(22-26-17)12-6-7-14-15(8-12)25-11-24-14/h6-8H,2-5,9-11H2,1H3. The van der Waals surface area contributed by atoms with Gasteiger partial charge >= 0.3 is 0 Å². The molecule has 1 aliphatic carbocycles. The molecule has 2 aliphatic rings. The van der Waals surface area contributed by atoms with Gasteiger partial charge in [-0.3, -0.25) is 4.90 Å². The number of rotatable bonds is 5. The Morgan fingerprint density at radius 1 is 1.07 bits per heavy atom. The molecule has 0 bridgehead atoms. The van der Waals surface area contributed by atoms with Crippen LogP contribution in [0.25, 0.3) is 11.4 Å². The number of hydrogen-bond acceptors (Lipinski definition) is 8. The summed E-state index contributed by atoms with van der Waals surface area (Å²) in [5.41, 5.74) is 2.15. The zero-order valence-corrected chi connectivity index (χ0v) is 15.9. The largest absolute Gasteiger partial charge is 0.454 e. The molecule has 1 aromatic carbocycles. The second kappa shape index (κ2) is 6.94. The number of benzene rings is 1. The first-order chi connectivity index (χ1) is 13.2. The van der Waals surface area contributed by atoms with Crippen molar-refractivity contribution in [3.8, 4) is 22.9 Å². The van der Waals surface area contributed by atoms with E-state index in [1.807, 2.05) is 36.6 Å². The number of aromatic nitrogens is 3. The van der Waals surface area contributed by atoms with Gasteiger partial charge in [0.2, 0.25) is 18.5 Å². The maximum Gasteiger partial charge on any atom is 0.241 e. The molecule has 0 spiro atoms. The average molecular weight is 384 g/mol. The third-order valence-electron chi connectivity index (χ3n) is 4.80. The molecule has 5 rings (SSSR count). The van der Waals surface area contributed by atoms with E-state index in [0.717, 1.165) is 24.3 Å². The summed E-state index contributed by atoms with van der Waals surface area (Å²) in [6.45, 7) is 1.63. The first kappa shape index (κ1) is 16.7. The van der Waals surface area contributed by atoms with E-state index in [2.05, 4.69) is 15.0 Å². The summed E-state index contributed by atoms with van der Waals surface area (Å²) in [5.74, 6) is 2.60. The van der Waals surface area contributed by atoms with Crippen molar-refractivity contribution in [1.29, 1.82) is 0 Å². The fraction of sp³-hybridized carbons (Fsp3) is 0.421. The predicted octanol–water partition coefficient (Wildman–Crippen LogP) is 3.43. The fourth-order valence-corrected chi connectivity index (χ4v) is 4.70. The van der Waals surface area contributed by atoms with Gasteiger partial charge in [0.1, 0.15) is 5.01 Å². The first-order valence-electron chi connectivity index (χ1n) is 9.13. The summed E-state index contributed by atoms with van der Waals surface area (Å²) in [5, 5.41) is 5.27. The fourth-order valence-electron chi connectivity index (χ4n) is 3.46. The summed E-state index contributed by atoms with van der Waals surface area (Å²) >= 11 is 1.84. The van der Waals surface area contributed by atoms with Crippen molar-refractivity contribution in [2.75, 3.05) is 13.8 Å². The molecule has 0 N–H and O–H groups in total. The van der Waals surface area contributed by atoms with Crippen molar-refractivity contribution in [3.63, 3.8) is 0 Å². The van der Waals surface area contributed by atoms with Crippen LogP contribution in [-0.2, 0) is 25.9 Å². The Balaban J connectivity index is 1.25. The van der Waals surface area contributed by atoms with Gasteiger partial charge in [0, 0.05) is 10.4 Å². The number of nitrogens with zero attached hydrogens (tertiary/aromatic N) is 4. The van der Waals surface area contributed by atoms with E-state index in [0.29, 0.717) is 24.0 Å². The molecule has 0 amide bonds. The maximum absolute atomic E-state index is 5.44. The van der Waals surface area contributed by atoms with Crippen LogP contribution < -0.4 is 9.47 Å². The van der Waals surface area contributed by atoms with Crippen LogP contribution in [0.2, 0.25) is 0 Å². The smallest absolute Gasteiger partial charge is 0.241 e. The van der Waals surface area contributed by atoms with Crippen LogP contribution in [0.4, 0.5) is 0 Å². The van der Waals surface area contributed by atoms with Crippen molar-refractivity contribution < 1.29 is 14.0 Å². The van der Waals surface area contributed by atoms with Gasteiger partial charge in [0.25, 0.3) is 0 Å². The molecule has 7 nitrogen and oxygen atoms in total. The lowest BCUT2D eigenvalue weighted by Crippen LogP contribution is -2.17. The molecule has 27 heavy (non-hydrogen) atoms. The van der Waals surface area contributed by atoms with E-state index >= 15 is 0 Å². The van der Waals surface area contributed by atoms with Gasteiger partial charge in [0.15, 0.2) is 11.5 Å². The Hall–Kier alpha value is -2.45. The van der Waals surface area contributed by atoms with Crippen molar-refractivity contribution >= 4 is 11.3 Å². The minimum Gasteiger partial charge on any atom is -0.454 e. The highest BCUT2D eigenvalue weighted by atomic mass is 32.1. The van der Waals surface area contributed by atoms with E-state index in [1.165, 1.54) is 34.8 Å². The molecule has 140 valence electrons. The van der Waals surface area contributed by atoms with Crippen LogP contribution in [0.1, 0.15) is 34.3 Å². The third kappa shape index (κ3) is 3.42. The summed E-state index contributed by atoms with van der Waals surface area (Å²) in [7, 11) is 2.05. The first-order valence-corrected chi connectivity index (χ1v) is 9.95. The molecule has 0 saturated heterocycles. The maximum atomic E-state index is 5.44. The summed E-state index contributed by atoms with van der Waals surface area (Å²) in [6.07, 6.45) is 4.85. The number of hydrogen-bond donors (Lipinski definition) is 0. The topological polar surface area (TPSA) is 73.5 Å². The Bertz CT molecular complexity index is 944. The van der Waals surface area contributed by atoms with E-state index in [1.54, 1.807) is 0 Å².